The lowest BCUT2D eigenvalue weighted by Gasteiger charge is -1.98. The summed E-state index contributed by atoms with van der Waals surface area (Å²) in [6.45, 7) is 0. The van der Waals surface area contributed by atoms with Crippen molar-refractivity contribution in [3.63, 3.8) is 0 Å². The van der Waals surface area contributed by atoms with E-state index in [0.29, 0.717) is 16.3 Å². The van der Waals surface area contributed by atoms with Gasteiger partial charge >= 0.3 is 5.97 Å². The Morgan fingerprint density at radius 1 is 1.14 bits per heavy atom. The van der Waals surface area contributed by atoms with Crippen LogP contribution in [0.4, 0.5) is 11.6 Å². The lowest BCUT2D eigenvalue weighted by molar-refractivity contribution is 0.0697. The fourth-order valence-electron chi connectivity index (χ4n) is 1.67. The Balaban J connectivity index is 1.95. The number of hydrogen-bond acceptors (Lipinski definition) is 8. The average molecular weight is 303 g/mol. The van der Waals surface area contributed by atoms with Crippen molar-refractivity contribution in [3.8, 4) is 0 Å². The number of fused-ring (bicyclic) bond motifs is 1. The van der Waals surface area contributed by atoms with Gasteiger partial charge in [0, 0.05) is 17.8 Å². The van der Waals surface area contributed by atoms with Crippen LogP contribution < -0.4 is 11.5 Å². The highest BCUT2D eigenvalue weighted by molar-refractivity contribution is 7.98. The Morgan fingerprint density at radius 2 is 1.86 bits per heavy atom. The first-order valence-corrected chi connectivity index (χ1v) is 6.55. The summed E-state index contributed by atoms with van der Waals surface area (Å²) in [6, 6.07) is 5.87. The van der Waals surface area contributed by atoms with Gasteiger partial charge in [-0.1, -0.05) is 0 Å². The number of hydrogen-bond donors (Lipinski definition) is 3. The number of carboxylic acid groups (broad SMARTS) is 1. The topological polar surface area (TPSA) is 141 Å². The van der Waals surface area contributed by atoms with Crippen molar-refractivity contribution in [2.24, 2.45) is 0 Å². The molecule has 0 bridgehead atoms. The van der Waals surface area contributed by atoms with Crippen LogP contribution in [0.25, 0.3) is 11.1 Å². The molecule has 5 N–H and O–H groups in total. The summed E-state index contributed by atoms with van der Waals surface area (Å²) in [5.41, 5.74) is 12.2. The molecule has 0 aliphatic heterocycles. The van der Waals surface area contributed by atoms with Gasteiger partial charge in [0.25, 0.3) is 5.22 Å². The van der Waals surface area contributed by atoms with Crippen molar-refractivity contribution < 1.29 is 14.3 Å². The van der Waals surface area contributed by atoms with Crippen LogP contribution in [0.3, 0.4) is 0 Å². The second-order valence-electron chi connectivity index (χ2n) is 4.07. The van der Waals surface area contributed by atoms with Gasteiger partial charge in [-0.15, -0.1) is 0 Å². The monoisotopic (exact) mass is 303 g/mol. The quantitative estimate of drug-likeness (QED) is 0.615. The van der Waals surface area contributed by atoms with Crippen LogP contribution in [0.15, 0.2) is 39.1 Å². The van der Waals surface area contributed by atoms with E-state index < -0.39 is 5.97 Å². The highest BCUT2D eigenvalue weighted by Gasteiger charge is 2.12. The van der Waals surface area contributed by atoms with E-state index in [1.54, 1.807) is 6.07 Å². The van der Waals surface area contributed by atoms with Gasteiger partial charge in [-0.3, -0.25) is 0 Å². The van der Waals surface area contributed by atoms with Crippen LogP contribution in [-0.2, 0) is 0 Å². The molecule has 0 atom stereocenters. The summed E-state index contributed by atoms with van der Waals surface area (Å²) < 4.78 is 5.47. The minimum Gasteiger partial charge on any atom is -0.478 e. The number of aromatic carboxylic acids is 1. The minimum absolute atomic E-state index is 0.125. The van der Waals surface area contributed by atoms with Gasteiger partial charge in [-0.2, -0.15) is 0 Å². The molecule has 0 fully saturated rings. The number of carboxylic acids is 1. The number of oxazole rings is 1. The van der Waals surface area contributed by atoms with Crippen molar-refractivity contribution in [1.82, 2.24) is 15.0 Å². The molecule has 0 saturated heterocycles. The molecule has 8 nitrogen and oxygen atoms in total. The molecule has 0 unspecified atom stereocenters. The van der Waals surface area contributed by atoms with Crippen LogP contribution in [0, 0.1) is 0 Å². The molecular formula is C12H9N5O3S. The largest absolute Gasteiger partial charge is 0.478 e. The normalized spacial score (nSPS) is 10.9. The Bertz CT molecular complexity index is 828. The van der Waals surface area contributed by atoms with E-state index in [4.69, 9.17) is 21.0 Å². The van der Waals surface area contributed by atoms with E-state index in [1.807, 2.05) is 0 Å². The molecule has 9 heteroatoms. The van der Waals surface area contributed by atoms with E-state index >= 15 is 0 Å². The summed E-state index contributed by atoms with van der Waals surface area (Å²) in [5.74, 6) is -0.544. The van der Waals surface area contributed by atoms with Crippen molar-refractivity contribution in [1.29, 1.82) is 0 Å². The van der Waals surface area contributed by atoms with Crippen molar-refractivity contribution in [2.75, 3.05) is 11.5 Å². The SMILES string of the molecule is Nc1cc(N)nc(Sc2nc3ccc(C(=O)O)cc3o2)n1. The fraction of sp³-hybridized carbons (Fsp3) is 0. The number of anilines is 2. The van der Waals surface area contributed by atoms with E-state index in [0.717, 1.165) is 11.8 Å². The number of aromatic nitrogens is 3. The number of carbonyl (C=O) groups is 1. The molecule has 3 rings (SSSR count). The Labute approximate surface area is 122 Å². The van der Waals surface area contributed by atoms with E-state index in [9.17, 15) is 4.79 Å². The molecule has 0 aliphatic carbocycles. The standard InChI is InChI=1S/C12H9N5O3S/c13-8-4-9(14)17-11(16-8)21-12-15-6-2-1-5(10(18)19)3-7(6)20-12/h1-4H,(H,18,19)(H4,13,14,16,17). The average Bonchev–Trinajstić information content (AvgIpc) is 2.78. The third-order valence-corrected chi connectivity index (χ3v) is 3.25. The van der Waals surface area contributed by atoms with E-state index in [2.05, 4.69) is 15.0 Å². The molecule has 2 aromatic heterocycles. The second-order valence-corrected chi connectivity index (χ2v) is 4.99. The molecule has 0 aliphatic rings. The Hall–Kier alpha value is -2.81. The van der Waals surface area contributed by atoms with Crippen molar-refractivity contribution >= 4 is 40.5 Å². The predicted molar refractivity (Wildman–Crippen MR) is 75.9 cm³/mol. The maximum atomic E-state index is 10.9. The maximum Gasteiger partial charge on any atom is 0.335 e. The minimum atomic E-state index is -1.03. The van der Waals surface area contributed by atoms with Crippen molar-refractivity contribution in [2.45, 2.75) is 10.4 Å². The highest BCUT2D eigenvalue weighted by Crippen LogP contribution is 2.29. The van der Waals surface area contributed by atoms with Gasteiger partial charge in [0.2, 0.25) is 5.16 Å². The fourth-order valence-corrected chi connectivity index (χ4v) is 2.40. The first-order chi connectivity index (χ1) is 10.0. The molecule has 0 radical (unpaired) electrons. The summed E-state index contributed by atoms with van der Waals surface area (Å²) in [6.07, 6.45) is 0. The van der Waals surface area contributed by atoms with Crippen LogP contribution in [0.2, 0.25) is 0 Å². The zero-order valence-corrected chi connectivity index (χ0v) is 11.3. The van der Waals surface area contributed by atoms with Gasteiger partial charge in [-0.05, 0) is 18.2 Å². The van der Waals surface area contributed by atoms with E-state index in [-0.39, 0.29) is 22.4 Å². The van der Waals surface area contributed by atoms with Gasteiger partial charge < -0.3 is 21.0 Å². The number of nitrogen functional groups attached to an aromatic ring is 2. The molecule has 21 heavy (non-hydrogen) atoms. The smallest absolute Gasteiger partial charge is 0.335 e. The summed E-state index contributed by atoms with van der Waals surface area (Å²) in [7, 11) is 0. The van der Waals surface area contributed by atoms with Crippen LogP contribution in [0.5, 0.6) is 0 Å². The van der Waals surface area contributed by atoms with Gasteiger partial charge in [0.1, 0.15) is 17.2 Å². The van der Waals surface area contributed by atoms with Crippen LogP contribution >= 0.6 is 11.8 Å². The third-order valence-electron chi connectivity index (χ3n) is 2.54. The first kappa shape index (κ1) is 13.2. The number of nitrogens with two attached hydrogens (primary N) is 2. The van der Waals surface area contributed by atoms with Crippen LogP contribution in [-0.4, -0.2) is 26.0 Å². The lowest BCUT2D eigenvalue weighted by atomic mass is 10.2. The van der Waals surface area contributed by atoms with Gasteiger partial charge in [0.05, 0.1) is 5.56 Å². The van der Waals surface area contributed by atoms with Crippen LogP contribution in [0.1, 0.15) is 10.4 Å². The van der Waals surface area contributed by atoms with Crippen molar-refractivity contribution in [3.05, 3.63) is 29.8 Å². The first-order valence-electron chi connectivity index (χ1n) is 5.73. The third kappa shape index (κ3) is 2.72. The van der Waals surface area contributed by atoms with Gasteiger partial charge in [0.15, 0.2) is 5.58 Å². The number of benzene rings is 1. The molecule has 0 amide bonds. The molecule has 2 heterocycles. The zero-order valence-electron chi connectivity index (χ0n) is 10.5. The Kier molecular flexibility index (Phi) is 3.10. The number of rotatable bonds is 3. The van der Waals surface area contributed by atoms with Gasteiger partial charge in [-0.25, -0.2) is 19.7 Å². The summed E-state index contributed by atoms with van der Waals surface area (Å²) in [5, 5.41) is 9.51. The second kappa shape index (κ2) is 4.94. The molecular weight excluding hydrogens is 294 g/mol. The summed E-state index contributed by atoms with van der Waals surface area (Å²) >= 11 is 1.05. The molecule has 0 saturated carbocycles. The Morgan fingerprint density at radius 3 is 2.52 bits per heavy atom. The molecule has 1 aromatic carbocycles. The summed E-state index contributed by atoms with van der Waals surface area (Å²) in [4.78, 5) is 23.1. The highest BCUT2D eigenvalue weighted by atomic mass is 32.2. The van der Waals surface area contributed by atoms with E-state index in [1.165, 1.54) is 18.2 Å². The maximum absolute atomic E-state index is 10.9. The predicted octanol–water partition coefficient (Wildman–Crippen LogP) is 1.63. The molecule has 0 spiro atoms. The molecule has 3 aromatic rings. The lowest BCUT2D eigenvalue weighted by Crippen LogP contribution is -1.98. The number of nitrogens with zero attached hydrogens (tertiary/aromatic N) is 3. The zero-order chi connectivity index (χ0) is 15.0. The molecule has 106 valence electrons.